The van der Waals surface area contributed by atoms with Crippen molar-refractivity contribution in [2.45, 2.75) is 6.92 Å². The quantitative estimate of drug-likeness (QED) is 0.495. The van der Waals surface area contributed by atoms with E-state index in [4.69, 9.17) is 9.62 Å². The van der Waals surface area contributed by atoms with Crippen LogP contribution in [0.4, 0.5) is 5.69 Å². The van der Waals surface area contributed by atoms with E-state index in [2.05, 4.69) is 10.5 Å². The minimum atomic E-state index is -0.232. The van der Waals surface area contributed by atoms with Crippen molar-refractivity contribution in [3.63, 3.8) is 0 Å². The van der Waals surface area contributed by atoms with Gasteiger partial charge in [-0.3, -0.25) is 4.79 Å². The second-order valence-electron chi connectivity index (χ2n) is 3.73. The third kappa shape index (κ3) is 2.57. The Bertz CT molecular complexity index is 556. The molecule has 5 heteroatoms. The van der Waals surface area contributed by atoms with Crippen LogP contribution >= 0.6 is 0 Å². The molecule has 0 aliphatic rings. The van der Waals surface area contributed by atoms with Gasteiger partial charge in [-0.1, -0.05) is 17.3 Å². The van der Waals surface area contributed by atoms with Gasteiger partial charge in [0.15, 0.2) is 0 Å². The summed E-state index contributed by atoms with van der Waals surface area (Å²) in [5.74, 6) is -0.232. The molecule has 1 heterocycles. The Morgan fingerprint density at radius 1 is 1.22 bits per heavy atom. The Balaban J connectivity index is 2.09. The third-order valence-electron chi connectivity index (χ3n) is 2.49. The lowest BCUT2D eigenvalue weighted by atomic mass is 10.1. The van der Waals surface area contributed by atoms with Crippen molar-refractivity contribution in [2.75, 3.05) is 5.32 Å². The van der Waals surface area contributed by atoms with Gasteiger partial charge in [0.1, 0.15) is 6.26 Å². The Morgan fingerprint density at radius 3 is 2.50 bits per heavy atom. The van der Waals surface area contributed by atoms with Crippen LogP contribution in [0.15, 0.2) is 52.4 Å². The zero-order chi connectivity index (χ0) is 13.0. The number of hydrogen-bond acceptors (Lipinski definition) is 4. The molecule has 1 amide bonds. The van der Waals surface area contributed by atoms with E-state index in [9.17, 15) is 4.79 Å². The lowest BCUT2D eigenvalue weighted by Gasteiger charge is -2.04. The molecule has 92 valence electrons. The topological polar surface area (TPSA) is 74.8 Å². The highest BCUT2D eigenvalue weighted by molar-refractivity contribution is 6.04. The molecular weight excluding hydrogens is 232 g/mol. The van der Waals surface area contributed by atoms with Gasteiger partial charge >= 0.3 is 0 Å². The maximum absolute atomic E-state index is 11.7. The number of anilines is 1. The van der Waals surface area contributed by atoms with E-state index in [1.165, 1.54) is 12.5 Å². The second-order valence-corrected chi connectivity index (χ2v) is 3.73. The number of benzene rings is 1. The van der Waals surface area contributed by atoms with Gasteiger partial charge in [0, 0.05) is 5.69 Å². The molecule has 1 aromatic carbocycles. The maximum atomic E-state index is 11.7. The number of amides is 1. The third-order valence-corrected chi connectivity index (χ3v) is 2.49. The Kier molecular flexibility index (Phi) is 3.43. The smallest absolute Gasteiger partial charge is 0.258 e. The average molecular weight is 244 g/mol. The molecule has 2 rings (SSSR count). The summed E-state index contributed by atoms with van der Waals surface area (Å²) in [6, 6.07) is 8.59. The Labute approximate surface area is 104 Å². The molecule has 0 radical (unpaired) electrons. The van der Waals surface area contributed by atoms with Crippen molar-refractivity contribution >= 4 is 17.3 Å². The van der Waals surface area contributed by atoms with Crippen LogP contribution in [-0.2, 0) is 0 Å². The number of carbonyl (C=O) groups excluding carboxylic acids is 1. The fraction of sp³-hybridized carbons (Fsp3) is 0.0769. The average Bonchev–Trinajstić information content (AvgIpc) is 2.92. The van der Waals surface area contributed by atoms with Crippen LogP contribution in [-0.4, -0.2) is 16.8 Å². The van der Waals surface area contributed by atoms with E-state index in [1.807, 2.05) is 0 Å². The highest BCUT2D eigenvalue weighted by Crippen LogP contribution is 2.12. The summed E-state index contributed by atoms with van der Waals surface area (Å²) >= 11 is 0. The molecule has 5 nitrogen and oxygen atoms in total. The Hall–Kier alpha value is -2.56. The van der Waals surface area contributed by atoms with Crippen molar-refractivity contribution in [1.82, 2.24) is 0 Å². The first-order valence-electron chi connectivity index (χ1n) is 5.33. The van der Waals surface area contributed by atoms with E-state index in [0.717, 1.165) is 5.56 Å². The van der Waals surface area contributed by atoms with E-state index < -0.39 is 0 Å². The van der Waals surface area contributed by atoms with Crippen LogP contribution < -0.4 is 5.32 Å². The van der Waals surface area contributed by atoms with Gasteiger partial charge in [-0.2, -0.15) is 0 Å². The van der Waals surface area contributed by atoms with Gasteiger partial charge in [0.25, 0.3) is 5.91 Å². The summed E-state index contributed by atoms with van der Waals surface area (Å²) < 4.78 is 4.83. The number of oxime groups is 1. The fourth-order valence-electron chi connectivity index (χ4n) is 1.45. The van der Waals surface area contributed by atoms with Crippen LogP contribution in [0.5, 0.6) is 0 Å². The van der Waals surface area contributed by atoms with Crippen molar-refractivity contribution in [3.05, 3.63) is 54.0 Å². The van der Waals surface area contributed by atoms with Gasteiger partial charge in [-0.05, 0) is 30.7 Å². The number of rotatable bonds is 3. The summed E-state index contributed by atoms with van der Waals surface area (Å²) in [5.41, 5.74) is 2.43. The lowest BCUT2D eigenvalue weighted by molar-refractivity contribution is 0.102. The molecule has 0 unspecified atom stereocenters. The van der Waals surface area contributed by atoms with E-state index in [0.29, 0.717) is 17.0 Å². The van der Waals surface area contributed by atoms with Gasteiger partial charge in [0.05, 0.1) is 17.5 Å². The van der Waals surface area contributed by atoms with Crippen molar-refractivity contribution in [1.29, 1.82) is 0 Å². The fourth-order valence-corrected chi connectivity index (χ4v) is 1.45. The predicted molar refractivity (Wildman–Crippen MR) is 67.1 cm³/mol. The first-order chi connectivity index (χ1) is 8.70. The van der Waals surface area contributed by atoms with Crippen LogP contribution in [0, 0.1) is 0 Å². The summed E-state index contributed by atoms with van der Waals surface area (Å²) in [6.07, 6.45) is 2.82. The molecule has 0 bridgehead atoms. The number of hydrogen-bond donors (Lipinski definition) is 2. The van der Waals surface area contributed by atoms with Crippen molar-refractivity contribution in [2.24, 2.45) is 5.16 Å². The van der Waals surface area contributed by atoms with Crippen molar-refractivity contribution in [3.8, 4) is 0 Å². The summed E-state index contributed by atoms with van der Waals surface area (Å²) in [6.45, 7) is 1.69. The minimum Gasteiger partial charge on any atom is -0.472 e. The van der Waals surface area contributed by atoms with E-state index in [-0.39, 0.29) is 5.91 Å². The molecule has 0 saturated carbocycles. The van der Waals surface area contributed by atoms with Crippen LogP contribution in [0.3, 0.4) is 0 Å². The molecule has 0 atom stereocenters. The number of carbonyl (C=O) groups is 1. The molecule has 1 aromatic heterocycles. The van der Waals surface area contributed by atoms with Crippen LogP contribution in [0.25, 0.3) is 0 Å². The Morgan fingerprint density at radius 2 is 1.94 bits per heavy atom. The molecule has 0 aliphatic carbocycles. The van der Waals surface area contributed by atoms with Gasteiger partial charge in [-0.25, -0.2) is 0 Å². The SMILES string of the molecule is C/C(=N\O)c1ccc(NC(=O)c2ccoc2)cc1. The predicted octanol–water partition coefficient (Wildman–Crippen LogP) is 2.73. The highest BCUT2D eigenvalue weighted by atomic mass is 16.4. The first kappa shape index (κ1) is 11.9. The molecule has 2 N–H and O–H groups in total. The molecule has 2 aromatic rings. The molecular formula is C13H12N2O3. The molecule has 0 fully saturated rings. The summed E-state index contributed by atoms with van der Waals surface area (Å²) in [7, 11) is 0. The van der Waals surface area contributed by atoms with Gasteiger partial charge in [0.2, 0.25) is 0 Å². The maximum Gasteiger partial charge on any atom is 0.258 e. The summed E-state index contributed by atoms with van der Waals surface area (Å²) in [5, 5.41) is 14.5. The standard InChI is InChI=1S/C13H12N2O3/c1-9(15-17)10-2-4-12(5-3-10)14-13(16)11-6-7-18-8-11/h2-8,17H,1H3,(H,14,16)/b15-9+. The van der Waals surface area contributed by atoms with Crippen LogP contribution in [0.1, 0.15) is 22.8 Å². The first-order valence-corrected chi connectivity index (χ1v) is 5.33. The zero-order valence-electron chi connectivity index (χ0n) is 9.75. The number of furan rings is 1. The highest BCUT2D eigenvalue weighted by Gasteiger charge is 2.07. The lowest BCUT2D eigenvalue weighted by Crippen LogP contribution is -2.10. The summed E-state index contributed by atoms with van der Waals surface area (Å²) in [4.78, 5) is 11.7. The molecule has 0 saturated heterocycles. The number of nitrogens with one attached hydrogen (secondary N) is 1. The van der Waals surface area contributed by atoms with Gasteiger partial charge < -0.3 is 14.9 Å². The molecule has 18 heavy (non-hydrogen) atoms. The van der Waals surface area contributed by atoms with Gasteiger partial charge in [-0.15, -0.1) is 0 Å². The van der Waals surface area contributed by atoms with E-state index >= 15 is 0 Å². The molecule has 0 aliphatic heterocycles. The normalized spacial score (nSPS) is 11.3. The number of nitrogens with zero attached hydrogens (tertiary/aromatic N) is 1. The zero-order valence-corrected chi connectivity index (χ0v) is 9.75. The van der Waals surface area contributed by atoms with E-state index in [1.54, 1.807) is 37.3 Å². The molecule has 0 spiro atoms. The monoisotopic (exact) mass is 244 g/mol. The minimum absolute atomic E-state index is 0.232. The second kappa shape index (κ2) is 5.18. The van der Waals surface area contributed by atoms with Crippen molar-refractivity contribution < 1.29 is 14.4 Å². The van der Waals surface area contributed by atoms with Crippen LogP contribution in [0.2, 0.25) is 0 Å². The largest absolute Gasteiger partial charge is 0.472 e.